The van der Waals surface area contributed by atoms with E-state index in [1.807, 2.05) is 4.90 Å². The summed E-state index contributed by atoms with van der Waals surface area (Å²) in [5, 5.41) is 0. The monoisotopic (exact) mass is 318 g/mol. The Labute approximate surface area is 127 Å². The summed E-state index contributed by atoms with van der Waals surface area (Å²) < 4.78 is 30.6. The van der Waals surface area contributed by atoms with Crippen molar-refractivity contribution in [2.24, 2.45) is 5.41 Å². The highest BCUT2D eigenvalue weighted by Crippen LogP contribution is 2.41. The normalized spacial score (nSPS) is 28.3. The maximum atomic E-state index is 12.7. The lowest BCUT2D eigenvalue weighted by atomic mass is 9.79. The van der Waals surface area contributed by atoms with Crippen molar-refractivity contribution in [3.05, 3.63) is 0 Å². The second kappa shape index (κ2) is 6.62. The Morgan fingerprint density at radius 1 is 1.19 bits per heavy atom. The van der Waals surface area contributed by atoms with Gasteiger partial charge in [-0.3, -0.25) is 4.79 Å². The molecule has 0 aromatic rings. The molecule has 2 fully saturated rings. The van der Waals surface area contributed by atoms with Gasteiger partial charge in [0.1, 0.15) is 0 Å². The van der Waals surface area contributed by atoms with Crippen molar-refractivity contribution in [1.29, 1.82) is 0 Å². The third-order valence-electron chi connectivity index (χ3n) is 4.83. The van der Waals surface area contributed by atoms with Crippen LogP contribution < -0.4 is 0 Å². The van der Waals surface area contributed by atoms with Gasteiger partial charge in [0.05, 0.1) is 17.8 Å². The number of sulfonamides is 1. The second-order valence-electron chi connectivity index (χ2n) is 5.97. The maximum Gasteiger partial charge on any atom is 0.228 e. The largest absolute Gasteiger partial charge is 0.383 e. The number of carbonyl (C=O) groups is 1. The van der Waals surface area contributed by atoms with Crippen LogP contribution in [0.1, 0.15) is 32.6 Å². The molecule has 0 bridgehead atoms. The maximum absolute atomic E-state index is 12.7. The first-order valence-corrected chi connectivity index (χ1v) is 9.32. The van der Waals surface area contributed by atoms with Gasteiger partial charge in [-0.1, -0.05) is 0 Å². The van der Waals surface area contributed by atoms with Gasteiger partial charge in [-0.05, 0) is 32.6 Å². The fourth-order valence-corrected chi connectivity index (χ4v) is 4.54. The third-order valence-corrected chi connectivity index (χ3v) is 6.71. The molecule has 7 heteroatoms. The van der Waals surface area contributed by atoms with Gasteiger partial charge in [0.15, 0.2) is 0 Å². The molecule has 122 valence electrons. The summed E-state index contributed by atoms with van der Waals surface area (Å²) >= 11 is 0. The predicted octanol–water partition coefficient (Wildman–Crippen LogP) is 0.687. The highest BCUT2D eigenvalue weighted by molar-refractivity contribution is 7.89. The lowest BCUT2D eigenvalue weighted by molar-refractivity contribution is -0.137. The van der Waals surface area contributed by atoms with Gasteiger partial charge in [-0.2, -0.15) is 0 Å². The first-order chi connectivity index (χ1) is 9.95. The average Bonchev–Trinajstić information content (AvgIpc) is 2.66. The van der Waals surface area contributed by atoms with E-state index in [2.05, 4.69) is 0 Å². The van der Waals surface area contributed by atoms with Gasteiger partial charge >= 0.3 is 0 Å². The summed E-state index contributed by atoms with van der Waals surface area (Å²) in [7, 11) is -1.51. The molecule has 0 radical (unpaired) electrons. The van der Waals surface area contributed by atoms with E-state index in [4.69, 9.17) is 4.74 Å². The number of methoxy groups -OCH3 is 1. The van der Waals surface area contributed by atoms with E-state index in [9.17, 15) is 13.2 Å². The van der Waals surface area contributed by atoms with Gasteiger partial charge in [-0.25, -0.2) is 12.7 Å². The topological polar surface area (TPSA) is 66.9 Å². The molecule has 21 heavy (non-hydrogen) atoms. The Morgan fingerprint density at radius 3 is 2.57 bits per heavy atom. The molecule has 0 N–H and O–H groups in total. The molecule has 2 rings (SSSR count). The molecule has 0 unspecified atom stereocenters. The number of likely N-dealkylation sites (tertiary alicyclic amines) is 1. The van der Waals surface area contributed by atoms with E-state index < -0.39 is 10.0 Å². The highest BCUT2D eigenvalue weighted by atomic mass is 32.2. The minimum absolute atomic E-state index is 0.133. The molecular weight excluding hydrogens is 292 g/mol. The van der Waals surface area contributed by atoms with Crippen LogP contribution in [-0.2, 0) is 19.6 Å². The Bertz CT molecular complexity index is 479. The van der Waals surface area contributed by atoms with Crippen molar-refractivity contribution >= 4 is 15.9 Å². The highest BCUT2D eigenvalue weighted by Gasteiger charge is 2.47. The Balaban J connectivity index is 2.04. The summed E-state index contributed by atoms with van der Waals surface area (Å²) in [5.74, 6) is 0.323. The second-order valence-corrected chi connectivity index (χ2v) is 8.23. The van der Waals surface area contributed by atoms with Gasteiger partial charge < -0.3 is 9.64 Å². The van der Waals surface area contributed by atoms with Gasteiger partial charge in [0, 0.05) is 33.3 Å². The summed E-state index contributed by atoms with van der Waals surface area (Å²) in [6, 6.07) is 0. The smallest absolute Gasteiger partial charge is 0.228 e. The molecule has 2 aliphatic heterocycles. The van der Waals surface area contributed by atoms with Crippen LogP contribution in [0.4, 0.5) is 0 Å². The molecule has 0 aromatic heterocycles. The Morgan fingerprint density at radius 2 is 1.90 bits per heavy atom. The van der Waals surface area contributed by atoms with E-state index in [1.54, 1.807) is 18.3 Å². The number of rotatable bonds is 5. The van der Waals surface area contributed by atoms with Crippen molar-refractivity contribution < 1.29 is 17.9 Å². The Hall–Kier alpha value is -0.660. The summed E-state index contributed by atoms with van der Waals surface area (Å²) in [6.07, 6.45) is 3.05. The zero-order chi connectivity index (χ0) is 15.5. The van der Waals surface area contributed by atoms with E-state index in [1.165, 1.54) is 0 Å². The lowest BCUT2D eigenvalue weighted by Gasteiger charge is -2.26. The fourth-order valence-electron chi connectivity index (χ4n) is 3.40. The molecule has 0 saturated carbocycles. The quantitative estimate of drug-likeness (QED) is 0.748. The fraction of sp³-hybridized carbons (Fsp3) is 0.929. The van der Waals surface area contributed by atoms with Crippen LogP contribution in [0.5, 0.6) is 0 Å². The molecule has 1 spiro atoms. The van der Waals surface area contributed by atoms with E-state index >= 15 is 0 Å². The lowest BCUT2D eigenvalue weighted by Crippen LogP contribution is -2.38. The minimum Gasteiger partial charge on any atom is -0.383 e. The van der Waals surface area contributed by atoms with Crippen LogP contribution in [0, 0.1) is 5.41 Å². The summed E-state index contributed by atoms with van der Waals surface area (Å²) in [4.78, 5) is 14.5. The van der Waals surface area contributed by atoms with Crippen molar-refractivity contribution in [3.63, 3.8) is 0 Å². The number of hydrogen-bond acceptors (Lipinski definition) is 4. The molecule has 2 saturated heterocycles. The number of carbonyl (C=O) groups excluding carboxylic acids is 1. The van der Waals surface area contributed by atoms with Gasteiger partial charge in [0.2, 0.25) is 15.9 Å². The molecular formula is C14H26N2O4S. The molecule has 2 heterocycles. The summed E-state index contributed by atoms with van der Waals surface area (Å²) in [6.45, 7) is 4.64. The zero-order valence-corrected chi connectivity index (χ0v) is 13.8. The van der Waals surface area contributed by atoms with Crippen LogP contribution in [0.15, 0.2) is 0 Å². The van der Waals surface area contributed by atoms with Crippen molar-refractivity contribution in [1.82, 2.24) is 9.21 Å². The molecule has 2 aliphatic rings. The number of hydrogen-bond donors (Lipinski definition) is 0. The SMILES string of the molecule is CCS(=O)(=O)N1CCC[C@@]2(CCN(CCOC)C2=O)CC1. The van der Waals surface area contributed by atoms with Crippen molar-refractivity contribution in [2.45, 2.75) is 32.6 Å². The van der Waals surface area contributed by atoms with Crippen LogP contribution in [0.25, 0.3) is 0 Å². The first-order valence-electron chi connectivity index (χ1n) is 7.71. The number of amides is 1. The van der Waals surface area contributed by atoms with E-state index in [0.717, 1.165) is 25.8 Å². The molecule has 0 aromatic carbocycles. The van der Waals surface area contributed by atoms with Gasteiger partial charge in [-0.15, -0.1) is 0 Å². The van der Waals surface area contributed by atoms with Gasteiger partial charge in [0.25, 0.3) is 0 Å². The third kappa shape index (κ3) is 3.40. The first kappa shape index (κ1) is 16.7. The van der Waals surface area contributed by atoms with Crippen molar-refractivity contribution in [3.8, 4) is 0 Å². The van der Waals surface area contributed by atoms with Crippen LogP contribution in [-0.4, -0.2) is 69.2 Å². The molecule has 0 aliphatic carbocycles. The predicted molar refractivity (Wildman–Crippen MR) is 80.4 cm³/mol. The Kier molecular flexibility index (Phi) is 5.27. The number of nitrogens with zero attached hydrogens (tertiary/aromatic N) is 2. The standard InChI is InChI=1S/C14H26N2O4S/c1-3-21(18,19)16-8-4-5-14(7-10-16)6-9-15(13(14)17)11-12-20-2/h3-12H2,1-2H3/t14-/m1/s1. The molecule has 1 amide bonds. The van der Waals surface area contributed by atoms with Crippen molar-refractivity contribution in [2.75, 3.05) is 45.6 Å². The zero-order valence-electron chi connectivity index (χ0n) is 13.0. The van der Waals surface area contributed by atoms with E-state index in [-0.39, 0.29) is 17.1 Å². The van der Waals surface area contributed by atoms with Crippen LogP contribution >= 0.6 is 0 Å². The molecule has 6 nitrogen and oxygen atoms in total. The van der Waals surface area contributed by atoms with Crippen LogP contribution in [0.2, 0.25) is 0 Å². The summed E-state index contributed by atoms with van der Waals surface area (Å²) in [5.41, 5.74) is -0.342. The average molecular weight is 318 g/mol. The molecule has 1 atom stereocenters. The van der Waals surface area contributed by atoms with E-state index in [0.29, 0.717) is 32.7 Å². The van der Waals surface area contributed by atoms with Crippen LogP contribution in [0.3, 0.4) is 0 Å². The minimum atomic E-state index is -3.15. The number of ether oxygens (including phenoxy) is 1.